The first-order valence-electron chi connectivity index (χ1n) is 1.56. The maximum Gasteiger partial charge on any atom is 0.368 e. The Kier molecular flexibility index (Phi) is 6.39. The number of carbonyl (C=O) groups is 1. The summed E-state index contributed by atoms with van der Waals surface area (Å²) < 4.78 is 33.2. The van der Waals surface area contributed by atoms with E-state index in [0.717, 1.165) is 6.92 Å². The molecular weight excluding hydrogens is 247 g/mol. The Labute approximate surface area is 57.1 Å². The van der Waals surface area contributed by atoms with Gasteiger partial charge in [-0.1, -0.05) is 0 Å². The molecule has 0 unspecified atom stereocenters. The second-order valence-corrected chi connectivity index (χ2v) is 3.18. The van der Waals surface area contributed by atoms with Gasteiger partial charge in [-0.3, -0.25) is 15.1 Å². The lowest BCUT2D eigenvalue weighted by atomic mass is 10.9. The van der Waals surface area contributed by atoms with E-state index < -0.39 is 26.1 Å². The number of aliphatic carboxylic acids is 1. The molecule has 0 fully saturated rings. The molecule has 6 nitrogen and oxygen atoms in total. The van der Waals surface area contributed by atoms with E-state index in [1.807, 2.05) is 0 Å². The molecular formula is C2H5IO6. The summed E-state index contributed by atoms with van der Waals surface area (Å²) in [6.07, 6.45) is 0. The molecule has 0 radical (unpaired) electrons. The van der Waals surface area contributed by atoms with E-state index in [-0.39, 0.29) is 0 Å². The van der Waals surface area contributed by atoms with Gasteiger partial charge in [0, 0.05) is 10.4 Å². The van der Waals surface area contributed by atoms with Crippen LogP contribution in [0.4, 0.5) is 0 Å². The zero-order valence-corrected chi connectivity index (χ0v) is 6.56. The summed E-state index contributed by atoms with van der Waals surface area (Å²) in [7, 11) is 0. The molecule has 56 valence electrons. The smallest absolute Gasteiger partial charge is 0.368 e. The number of carboxylic acids is 1. The first-order chi connectivity index (χ1) is 3.73. The normalized spacial score (nSPS) is 9.44. The standard InChI is InChI=1S/C2H4O2.HIO4/c1-2(3)4;2-1(3,4)5/h1H3,(H,3,4);2H. The highest BCUT2D eigenvalue weighted by Gasteiger charge is 2.11. The molecule has 2 N–H and O–H groups in total. The van der Waals surface area contributed by atoms with Crippen LogP contribution in [0.25, 0.3) is 0 Å². The molecule has 0 aromatic rings. The van der Waals surface area contributed by atoms with E-state index >= 15 is 0 Å². The van der Waals surface area contributed by atoms with Crippen LogP contribution in [0.5, 0.6) is 0 Å². The van der Waals surface area contributed by atoms with E-state index in [2.05, 4.69) is 0 Å². The number of carboxylic acid groups (broad SMARTS) is 1. The van der Waals surface area contributed by atoms with Crippen molar-refractivity contribution < 1.29 is 43.7 Å². The molecule has 0 saturated heterocycles. The Bertz CT molecular complexity index is 73.5. The van der Waals surface area contributed by atoms with Crippen LogP contribution < -0.4 is 30.4 Å². The molecule has 0 aliphatic rings. The van der Waals surface area contributed by atoms with Crippen molar-refractivity contribution >= 4 is 5.97 Å². The molecule has 0 amide bonds. The summed E-state index contributed by atoms with van der Waals surface area (Å²) in [5, 5.41) is 7.42. The molecule has 0 heterocycles. The van der Waals surface area contributed by atoms with Crippen LogP contribution in [-0.4, -0.2) is 14.5 Å². The zero-order valence-electron chi connectivity index (χ0n) is 4.41. The van der Waals surface area contributed by atoms with Crippen molar-refractivity contribution in [3.05, 3.63) is 0 Å². The topological polar surface area (TPSA) is 127 Å². The van der Waals surface area contributed by atoms with Crippen molar-refractivity contribution in [2.24, 2.45) is 0 Å². The van der Waals surface area contributed by atoms with Crippen LogP contribution >= 0.6 is 0 Å². The molecule has 0 aromatic carbocycles. The highest BCUT2D eigenvalue weighted by molar-refractivity contribution is 5.62. The van der Waals surface area contributed by atoms with Crippen LogP contribution in [-0.2, 0) is 4.79 Å². The Balaban J connectivity index is 0. The van der Waals surface area contributed by atoms with Gasteiger partial charge in [-0.2, -0.15) is 0 Å². The Hall–Kier alpha value is 0.0400. The lowest BCUT2D eigenvalue weighted by Crippen LogP contribution is -4.23. The Morgan fingerprint density at radius 1 is 1.44 bits per heavy atom. The minimum Gasteiger partial charge on any atom is -0.481 e. The minimum atomic E-state index is -5.69. The molecule has 0 bridgehead atoms. The fourth-order valence-electron chi connectivity index (χ4n) is 0. The highest BCUT2D eigenvalue weighted by atomic mass is 127. The van der Waals surface area contributed by atoms with Gasteiger partial charge in [0.25, 0.3) is 5.97 Å². The monoisotopic (exact) mass is 252 g/mol. The average Bonchev–Trinajstić information content (AvgIpc) is 1.19. The van der Waals surface area contributed by atoms with Gasteiger partial charge in [0.2, 0.25) is 0 Å². The predicted molar refractivity (Wildman–Crippen MR) is 15.5 cm³/mol. The van der Waals surface area contributed by atoms with Crippen LogP contribution in [0, 0.1) is 0 Å². The van der Waals surface area contributed by atoms with Crippen LogP contribution in [0.1, 0.15) is 6.92 Å². The third-order valence-electron chi connectivity index (χ3n) is 0. The van der Waals surface area contributed by atoms with Gasteiger partial charge in [0.15, 0.2) is 0 Å². The number of halogens is 1. The second kappa shape index (κ2) is 4.88. The zero-order chi connectivity index (χ0) is 8.08. The molecule has 9 heavy (non-hydrogen) atoms. The van der Waals surface area contributed by atoms with Crippen molar-refractivity contribution in [3.63, 3.8) is 0 Å². The van der Waals surface area contributed by atoms with Gasteiger partial charge < -0.3 is 5.11 Å². The number of hydrogen-bond acceptors (Lipinski definition) is 5. The summed E-state index contributed by atoms with van der Waals surface area (Å²) in [6.45, 7) is 1.08. The quantitative estimate of drug-likeness (QED) is 0.412. The fourth-order valence-corrected chi connectivity index (χ4v) is 0. The maximum absolute atomic E-state index is 9.00. The fraction of sp³-hybridized carbons (Fsp3) is 0.500. The van der Waals surface area contributed by atoms with E-state index in [9.17, 15) is 0 Å². The summed E-state index contributed by atoms with van der Waals surface area (Å²) in [5.74, 6) is -0.833. The van der Waals surface area contributed by atoms with Gasteiger partial charge in [0.05, 0.1) is 0 Å². The molecule has 0 atom stereocenters. The first-order valence-corrected chi connectivity index (χ1v) is 5.17. The summed E-state index contributed by atoms with van der Waals surface area (Å²) >= 11 is -5.69. The van der Waals surface area contributed by atoms with Crippen molar-refractivity contribution in [2.75, 3.05) is 0 Å². The van der Waals surface area contributed by atoms with Crippen LogP contribution in [0.15, 0.2) is 0 Å². The molecule has 0 spiro atoms. The van der Waals surface area contributed by atoms with Crippen molar-refractivity contribution in [2.45, 2.75) is 6.92 Å². The summed E-state index contributed by atoms with van der Waals surface area (Å²) in [5.41, 5.74) is 0. The van der Waals surface area contributed by atoms with Gasteiger partial charge in [0.1, 0.15) is 0 Å². The van der Waals surface area contributed by atoms with E-state index in [1.165, 1.54) is 0 Å². The van der Waals surface area contributed by atoms with Crippen LogP contribution in [0.3, 0.4) is 0 Å². The second-order valence-electron chi connectivity index (χ2n) is 0.915. The first kappa shape index (κ1) is 11.8. The third kappa shape index (κ3) is 183000. The molecule has 0 aliphatic carbocycles. The molecule has 0 rings (SSSR count). The molecule has 7 heteroatoms. The SMILES string of the molecule is CC(=O)O.[O-][I+3]([O-])([O-])O. The molecule has 0 aromatic heterocycles. The predicted octanol–water partition coefficient (Wildman–Crippen LogP) is -7.03. The lowest BCUT2D eigenvalue weighted by Gasteiger charge is -1.93. The highest BCUT2D eigenvalue weighted by Crippen LogP contribution is 1.42. The van der Waals surface area contributed by atoms with Gasteiger partial charge >= 0.3 is 20.1 Å². The average molecular weight is 252 g/mol. The summed E-state index contributed by atoms with van der Waals surface area (Å²) in [6, 6.07) is 0. The van der Waals surface area contributed by atoms with Gasteiger partial charge in [-0.05, 0) is 0 Å². The van der Waals surface area contributed by atoms with Crippen molar-refractivity contribution in [1.29, 1.82) is 0 Å². The summed E-state index contributed by atoms with van der Waals surface area (Å²) in [4.78, 5) is 9.00. The minimum absolute atomic E-state index is 0.833. The number of rotatable bonds is 0. The van der Waals surface area contributed by atoms with E-state index in [1.54, 1.807) is 0 Å². The largest absolute Gasteiger partial charge is 0.481 e. The maximum atomic E-state index is 9.00. The lowest BCUT2D eigenvalue weighted by molar-refractivity contribution is -1.92. The Morgan fingerprint density at radius 3 is 1.44 bits per heavy atom. The van der Waals surface area contributed by atoms with Crippen molar-refractivity contribution in [1.82, 2.24) is 0 Å². The third-order valence-corrected chi connectivity index (χ3v) is 0. The number of hydrogen-bond donors (Lipinski definition) is 2. The Morgan fingerprint density at radius 2 is 1.44 bits per heavy atom. The van der Waals surface area contributed by atoms with Crippen LogP contribution in [0.2, 0.25) is 0 Å². The van der Waals surface area contributed by atoms with Gasteiger partial charge in [-0.15, -0.1) is 0 Å². The van der Waals surface area contributed by atoms with E-state index in [4.69, 9.17) is 23.6 Å². The molecule has 0 saturated carbocycles. The molecule has 0 aliphatic heterocycles. The van der Waals surface area contributed by atoms with Crippen molar-refractivity contribution in [3.8, 4) is 0 Å². The van der Waals surface area contributed by atoms with E-state index in [0.29, 0.717) is 0 Å². The van der Waals surface area contributed by atoms with Gasteiger partial charge in [-0.25, -0.2) is 0 Å².